The largest absolute Gasteiger partial charge is 0.478 e. The van der Waals surface area contributed by atoms with Crippen molar-refractivity contribution in [2.24, 2.45) is 4.99 Å². The van der Waals surface area contributed by atoms with Crippen molar-refractivity contribution < 1.29 is 19.8 Å². The van der Waals surface area contributed by atoms with Gasteiger partial charge in [-0.25, -0.2) is 14.6 Å². The van der Waals surface area contributed by atoms with Gasteiger partial charge in [-0.15, -0.1) is 0 Å². The average molecular weight is 439 g/mol. The van der Waals surface area contributed by atoms with Gasteiger partial charge in [-0.3, -0.25) is 0 Å². The highest BCUT2D eigenvalue weighted by Gasteiger charge is 2.22. The lowest BCUT2D eigenvalue weighted by molar-refractivity contribution is -0.134. The molecule has 6 nitrogen and oxygen atoms in total. The second-order valence-corrected chi connectivity index (χ2v) is 7.77. The Morgan fingerprint density at radius 2 is 1.77 bits per heavy atom. The number of likely N-dealkylation sites (N-methyl/N-ethyl adjacent to an activating group) is 1. The van der Waals surface area contributed by atoms with E-state index in [-0.39, 0.29) is 0 Å². The number of aliphatic carboxylic acids is 2. The Hall–Kier alpha value is -3.22. The topological polar surface area (TPSA) is 90.2 Å². The third-order valence-electron chi connectivity index (χ3n) is 4.95. The second-order valence-electron chi connectivity index (χ2n) is 7.33. The number of hydrogen-bond donors (Lipinski definition) is 2. The summed E-state index contributed by atoms with van der Waals surface area (Å²) in [5.74, 6) is -2.51. The van der Waals surface area contributed by atoms with Gasteiger partial charge in [0.15, 0.2) is 0 Å². The van der Waals surface area contributed by atoms with Gasteiger partial charge in [-0.05, 0) is 48.4 Å². The van der Waals surface area contributed by atoms with E-state index < -0.39 is 11.9 Å². The van der Waals surface area contributed by atoms with Crippen molar-refractivity contribution in [1.29, 1.82) is 0 Å². The second kappa shape index (κ2) is 10.2. The van der Waals surface area contributed by atoms with E-state index in [1.165, 1.54) is 22.3 Å². The maximum absolute atomic E-state index is 9.55. The minimum absolute atomic E-state index is 0.558. The summed E-state index contributed by atoms with van der Waals surface area (Å²) in [5, 5.41) is 16.4. The van der Waals surface area contributed by atoms with E-state index >= 15 is 0 Å². The maximum atomic E-state index is 9.55. The number of hydrogen-bond acceptors (Lipinski definition) is 4. The number of nitrogens with zero attached hydrogens (tertiary/aromatic N) is 2. The smallest absolute Gasteiger partial charge is 0.328 e. The van der Waals surface area contributed by atoms with Crippen molar-refractivity contribution in [3.63, 3.8) is 0 Å². The van der Waals surface area contributed by atoms with Gasteiger partial charge in [-0.2, -0.15) is 0 Å². The number of carboxylic acids is 2. The van der Waals surface area contributed by atoms with Crippen LogP contribution in [-0.4, -0.2) is 52.9 Å². The molecule has 31 heavy (non-hydrogen) atoms. The average Bonchev–Trinajstić information content (AvgIpc) is 2.89. The molecule has 0 bridgehead atoms. The molecule has 0 spiro atoms. The van der Waals surface area contributed by atoms with Gasteiger partial charge in [0.2, 0.25) is 0 Å². The minimum atomic E-state index is -1.26. The quantitative estimate of drug-likeness (QED) is 0.696. The van der Waals surface area contributed by atoms with E-state index in [1.54, 1.807) is 0 Å². The van der Waals surface area contributed by atoms with Crippen molar-refractivity contribution in [1.82, 2.24) is 4.90 Å². The molecule has 2 aliphatic rings. The Balaban J connectivity index is 0.000000293. The molecule has 7 heteroatoms. The molecule has 2 aromatic rings. The summed E-state index contributed by atoms with van der Waals surface area (Å²) >= 11 is 6.29. The summed E-state index contributed by atoms with van der Waals surface area (Å²) < 4.78 is 0. The predicted octanol–water partition coefficient (Wildman–Crippen LogP) is 4.34. The number of rotatable bonds is 3. The first kappa shape index (κ1) is 22.5. The van der Waals surface area contributed by atoms with Crippen molar-refractivity contribution in [2.45, 2.75) is 12.8 Å². The van der Waals surface area contributed by atoms with Gasteiger partial charge in [0.1, 0.15) is 0 Å². The van der Waals surface area contributed by atoms with Gasteiger partial charge in [0.05, 0.1) is 11.4 Å². The highest BCUT2D eigenvalue weighted by atomic mass is 35.5. The first-order chi connectivity index (χ1) is 14.8. The third-order valence-corrected chi connectivity index (χ3v) is 5.18. The summed E-state index contributed by atoms with van der Waals surface area (Å²) in [7, 11) is 2.16. The molecule has 0 saturated carbocycles. The fourth-order valence-corrected chi connectivity index (χ4v) is 3.70. The van der Waals surface area contributed by atoms with Crippen molar-refractivity contribution >= 4 is 34.9 Å². The molecule has 0 aromatic heterocycles. The molecule has 0 atom stereocenters. The van der Waals surface area contributed by atoms with Crippen LogP contribution in [0.15, 0.2) is 71.3 Å². The van der Waals surface area contributed by atoms with Crippen LogP contribution in [0.3, 0.4) is 0 Å². The first-order valence-electron chi connectivity index (χ1n) is 9.80. The molecule has 2 heterocycles. The lowest BCUT2D eigenvalue weighted by Gasteiger charge is -2.24. The Kier molecular flexibility index (Phi) is 7.39. The van der Waals surface area contributed by atoms with Crippen molar-refractivity contribution in [3.8, 4) is 0 Å². The summed E-state index contributed by atoms with van der Waals surface area (Å²) in [6.45, 7) is 2.04. The normalized spacial score (nSPS) is 15.5. The van der Waals surface area contributed by atoms with Gasteiger partial charge >= 0.3 is 11.9 Å². The molecule has 0 amide bonds. The summed E-state index contributed by atoms with van der Waals surface area (Å²) in [4.78, 5) is 26.5. The molecule has 160 valence electrons. The van der Waals surface area contributed by atoms with E-state index in [9.17, 15) is 9.59 Å². The van der Waals surface area contributed by atoms with Gasteiger partial charge < -0.3 is 15.1 Å². The summed E-state index contributed by atoms with van der Waals surface area (Å²) in [6, 6.07) is 14.6. The van der Waals surface area contributed by atoms with E-state index in [2.05, 4.69) is 54.4 Å². The molecular weight excluding hydrogens is 416 g/mol. The molecule has 4 rings (SSSR count). The van der Waals surface area contributed by atoms with Gasteiger partial charge in [0.25, 0.3) is 0 Å². The van der Waals surface area contributed by atoms with Crippen LogP contribution in [0.2, 0.25) is 5.02 Å². The van der Waals surface area contributed by atoms with E-state index in [0.717, 1.165) is 42.4 Å². The Bertz CT molecular complexity index is 1070. The van der Waals surface area contributed by atoms with Gasteiger partial charge in [0, 0.05) is 42.2 Å². The van der Waals surface area contributed by atoms with Crippen LogP contribution in [0.25, 0.3) is 0 Å². The lowest BCUT2D eigenvalue weighted by Crippen LogP contribution is -2.29. The van der Waals surface area contributed by atoms with Crippen LogP contribution < -0.4 is 0 Å². The van der Waals surface area contributed by atoms with E-state index in [0.29, 0.717) is 12.2 Å². The highest BCUT2D eigenvalue weighted by Crippen LogP contribution is 2.32. The molecule has 2 N–H and O–H groups in total. The summed E-state index contributed by atoms with van der Waals surface area (Å²) in [6.07, 6.45) is 5.42. The number of para-hydroxylation sites is 1. The number of carbonyl (C=O) groups is 2. The number of fused-ring (bicyclic) bond motifs is 2. The Morgan fingerprint density at radius 3 is 2.45 bits per heavy atom. The number of halogens is 1. The van der Waals surface area contributed by atoms with Gasteiger partial charge in [-0.1, -0.05) is 41.9 Å². The third kappa shape index (κ3) is 6.13. The van der Waals surface area contributed by atoms with Crippen molar-refractivity contribution in [2.75, 3.05) is 20.1 Å². The van der Waals surface area contributed by atoms with Crippen LogP contribution in [-0.2, 0) is 16.0 Å². The predicted molar refractivity (Wildman–Crippen MR) is 122 cm³/mol. The molecule has 0 unspecified atom stereocenters. The number of benzene rings is 2. The molecule has 2 aromatic carbocycles. The molecule has 2 aliphatic heterocycles. The molecule has 0 radical (unpaired) electrons. The zero-order valence-corrected chi connectivity index (χ0v) is 17.8. The maximum Gasteiger partial charge on any atom is 0.328 e. The summed E-state index contributed by atoms with van der Waals surface area (Å²) in [5.41, 5.74) is 7.21. The first-order valence-corrected chi connectivity index (χ1v) is 10.2. The Labute approximate surface area is 185 Å². The number of aliphatic imine (C=N–C) groups is 1. The fourth-order valence-electron chi connectivity index (χ4n) is 3.53. The fraction of sp³-hybridized carbons (Fsp3) is 0.208. The standard InChI is InChI=1S/C20H19ClN2.C4H4O4/c1-23-10-4-6-16(13-23)20-18-12-17(21)9-8-14(18)11-15-5-2-3-7-19(15)22-20;5-3(6)1-2-4(7)8/h2-3,5-9,12H,4,10-11,13H2,1H3;1-2H,(H,5,6)(H,7,8)/b;2-1+. The van der Waals surface area contributed by atoms with E-state index in [4.69, 9.17) is 26.8 Å². The molecule has 0 saturated heterocycles. The van der Waals surface area contributed by atoms with Crippen LogP contribution >= 0.6 is 11.6 Å². The Morgan fingerprint density at radius 1 is 1.06 bits per heavy atom. The SMILES string of the molecule is CN1CCC=C(C2=Nc3ccccc3Cc3ccc(Cl)cc32)C1.O=C(O)/C=C/C(=O)O. The molecule has 0 aliphatic carbocycles. The molecular formula is C24H23ClN2O4. The number of carboxylic acid groups (broad SMARTS) is 2. The molecule has 0 fully saturated rings. The lowest BCUT2D eigenvalue weighted by atomic mass is 9.93. The van der Waals surface area contributed by atoms with Crippen molar-refractivity contribution in [3.05, 3.63) is 88.0 Å². The van der Waals surface area contributed by atoms with Crippen LogP contribution in [0.4, 0.5) is 5.69 Å². The highest BCUT2D eigenvalue weighted by molar-refractivity contribution is 6.31. The zero-order chi connectivity index (χ0) is 22.4. The van der Waals surface area contributed by atoms with Crippen LogP contribution in [0.5, 0.6) is 0 Å². The monoisotopic (exact) mass is 438 g/mol. The van der Waals surface area contributed by atoms with E-state index in [1.807, 2.05) is 6.07 Å². The van der Waals surface area contributed by atoms with Crippen LogP contribution in [0, 0.1) is 0 Å². The van der Waals surface area contributed by atoms with Crippen LogP contribution in [0.1, 0.15) is 23.1 Å². The zero-order valence-electron chi connectivity index (χ0n) is 17.1. The minimum Gasteiger partial charge on any atom is -0.478 e.